The van der Waals surface area contributed by atoms with Gasteiger partial charge in [0.25, 0.3) is 12.3 Å². The van der Waals surface area contributed by atoms with Crippen molar-refractivity contribution in [2.75, 3.05) is 5.32 Å². The molecule has 0 spiro atoms. The van der Waals surface area contributed by atoms with Gasteiger partial charge in [-0.2, -0.15) is 4.68 Å². The first-order valence-corrected chi connectivity index (χ1v) is 10.5. The number of nitrogens with zero attached hydrogens (tertiary/aromatic N) is 4. The second-order valence-electron chi connectivity index (χ2n) is 6.91. The van der Waals surface area contributed by atoms with Crippen molar-refractivity contribution in [1.82, 2.24) is 14.8 Å². The molecular formula is C19H13ClF2N6O5S. The number of aromatic nitrogens is 3. The highest BCUT2D eigenvalue weighted by Gasteiger charge is 2.28. The third-order valence-electron chi connectivity index (χ3n) is 4.76. The number of rotatable bonds is 7. The summed E-state index contributed by atoms with van der Waals surface area (Å²) in [7, 11) is 0. The molecule has 0 aromatic carbocycles. The number of furan rings is 1. The van der Waals surface area contributed by atoms with E-state index in [0.717, 1.165) is 22.1 Å². The van der Waals surface area contributed by atoms with Crippen molar-refractivity contribution in [3.05, 3.63) is 55.9 Å². The van der Waals surface area contributed by atoms with Crippen LogP contribution >= 0.6 is 22.9 Å². The Labute approximate surface area is 197 Å². The number of alkyl halides is 2. The number of amides is 2. The summed E-state index contributed by atoms with van der Waals surface area (Å²) in [5.41, 5.74) is 5.20. The Balaban J connectivity index is 1.81. The quantitative estimate of drug-likeness (QED) is 0.277. The van der Waals surface area contributed by atoms with E-state index in [1.807, 2.05) is 0 Å². The Hall–Kier alpha value is -3.91. The van der Waals surface area contributed by atoms with Crippen molar-refractivity contribution in [1.29, 1.82) is 0 Å². The van der Waals surface area contributed by atoms with Crippen LogP contribution in [0.1, 0.15) is 27.5 Å². The van der Waals surface area contributed by atoms with Crippen LogP contribution in [0.15, 0.2) is 28.9 Å². The highest BCUT2D eigenvalue weighted by atomic mass is 35.5. The van der Waals surface area contributed by atoms with Crippen LogP contribution in [0.2, 0.25) is 5.02 Å². The van der Waals surface area contributed by atoms with Crippen molar-refractivity contribution in [3.8, 4) is 11.3 Å². The number of nitrogens with two attached hydrogens (primary N) is 1. The summed E-state index contributed by atoms with van der Waals surface area (Å²) in [5.74, 6) is -2.07. The molecule has 2 amide bonds. The molecule has 4 heterocycles. The number of pyridine rings is 1. The molecule has 0 bridgehead atoms. The predicted octanol–water partition coefficient (Wildman–Crippen LogP) is 4.30. The topological polar surface area (TPSA) is 159 Å². The van der Waals surface area contributed by atoms with Gasteiger partial charge in [-0.25, -0.2) is 13.8 Å². The summed E-state index contributed by atoms with van der Waals surface area (Å²) < 4.78 is 33.3. The molecule has 15 heteroatoms. The normalized spacial score (nSPS) is 11.3. The maximum Gasteiger partial charge on any atom is 0.408 e. The van der Waals surface area contributed by atoms with E-state index in [1.165, 1.54) is 19.3 Å². The Morgan fingerprint density at radius 1 is 1.44 bits per heavy atom. The first-order valence-electron chi connectivity index (χ1n) is 9.34. The Morgan fingerprint density at radius 3 is 2.74 bits per heavy atom. The highest BCUT2D eigenvalue weighted by Crippen LogP contribution is 2.42. The van der Waals surface area contributed by atoms with Gasteiger partial charge in [-0.1, -0.05) is 11.6 Å². The van der Waals surface area contributed by atoms with Gasteiger partial charge in [-0.05, 0) is 30.0 Å². The number of hydrogen-bond acceptors (Lipinski definition) is 8. The molecule has 3 N–H and O–H groups in total. The molecule has 4 aromatic heterocycles. The van der Waals surface area contributed by atoms with Gasteiger partial charge in [0.1, 0.15) is 27.7 Å². The van der Waals surface area contributed by atoms with Gasteiger partial charge in [-0.15, -0.1) is 11.3 Å². The summed E-state index contributed by atoms with van der Waals surface area (Å²) in [6.45, 7) is 0.947. The van der Waals surface area contributed by atoms with E-state index >= 15 is 0 Å². The van der Waals surface area contributed by atoms with Crippen molar-refractivity contribution in [2.45, 2.75) is 19.9 Å². The molecule has 4 rings (SSSR count). The summed E-state index contributed by atoms with van der Waals surface area (Å²) in [6.07, 6.45) is -1.57. The number of hydrogen-bond donors (Lipinski definition) is 2. The maximum absolute atomic E-state index is 13.4. The van der Waals surface area contributed by atoms with Gasteiger partial charge in [0.2, 0.25) is 5.91 Å². The van der Waals surface area contributed by atoms with E-state index in [1.54, 1.807) is 6.07 Å². The molecule has 0 fully saturated rings. The molecule has 0 unspecified atom stereocenters. The number of halogens is 3. The second-order valence-corrected chi connectivity index (χ2v) is 8.29. The van der Waals surface area contributed by atoms with Crippen LogP contribution in [0.25, 0.3) is 21.5 Å². The minimum atomic E-state index is -2.90. The van der Waals surface area contributed by atoms with Crippen LogP contribution < -0.4 is 11.1 Å². The summed E-state index contributed by atoms with van der Waals surface area (Å²) >= 11 is 6.63. The van der Waals surface area contributed by atoms with Crippen molar-refractivity contribution >= 4 is 56.5 Å². The molecule has 0 atom stereocenters. The molecule has 11 nitrogen and oxygen atoms in total. The largest absolute Gasteiger partial charge is 0.464 e. The highest BCUT2D eigenvalue weighted by molar-refractivity contribution is 7.21. The van der Waals surface area contributed by atoms with Gasteiger partial charge >= 0.3 is 5.82 Å². The number of primary amides is 1. The zero-order valence-electron chi connectivity index (χ0n) is 17.0. The first-order chi connectivity index (χ1) is 16.1. The molecule has 0 saturated heterocycles. The number of anilines is 1. The van der Waals surface area contributed by atoms with Gasteiger partial charge in [0, 0.05) is 10.9 Å². The molecule has 4 aromatic rings. The lowest BCUT2D eigenvalue weighted by atomic mass is 10.1. The minimum Gasteiger partial charge on any atom is -0.464 e. The number of nitro groups is 1. The van der Waals surface area contributed by atoms with E-state index in [0.29, 0.717) is 0 Å². The fourth-order valence-electron chi connectivity index (χ4n) is 3.24. The summed E-state index contributed by atoms with van der Waals surface area (Å²) in [5, 5.41) is 17.2. The van der Waals surface area contributed by atoms with E-state index in [4.69, 9.17) is 21.8 Å². The van der Waals surface area contributed by atoms with Crippen LogP contribution in [-0.2, 0) is 11.3 Å². The number of carbonyl (C=O) groups is 2. The smallest absolute Gasteiger partial charge is 0.408 e. The molecule has 176 valence electrons. The summed E-state index contributed by atoms with van der Waals surface area (Å²) in [6, 6.07) is 4.16. The van der Waals surface area contributed by atoms with Gasteiger partial charge in [-0.3, -0.25) is 9.59 Å². The maximum atomic E-state index is 13.4. The Kier molecular flexibility index (Phi) is 6.01. The first kappa shape index (κ1) is 23.3. The Morgan fingerprint density at radius 2 is 2.18 bits per heavy atom. The molecule has 0 radical (unpaired) electrons. The van der Waals surface area contributed by atoms with Crippen molar-refractivity contribution < 1.29 is 27.7 Å². The van der Waals surface area contributed by atoms with Crippen LogP contribution in [-0.4, -0.2) is 31.5 Å². The third kappa shape index (κ3) is 4.08. The van der Waals surface area contributed by atoms with E-state index in [9.17, 15) is 28.5 Å². The standard InChI is InChI=1S/C19H13ClF2N6O5S/c1-7-13(20)18(28(31)32)26-27(7)6-11(29)25-14-12-8(10-3-2-4-33-10)5-9(16(21)22)24-19(12)34-15(14)17(23)30/h2-5,16H,6H2,1H3,(H2,23,30)(H,25,29). The molecular weight excluding hydrogens is 498 g/mol. The van der Waals surface area contributed by atoms with Crippen molar-refractivity contribution in [2.24, 2.45) is 5.73 Å². The lowest BCUT2D eigenvalue weighted by molar-refractivity contribution is -0.389. The molecule has 0 aliphatic heterocycles. The van der Waals surface area contributed by atoms with Crippen LogP contribution in [0.4, 0.5) is 20.3 Å². The van der Waals surface area contributed by atoms with E-state index < -0.39 is 41.2 Å². The summed E-state index contributed by atoms with van der Waals surface area (Å²) in [4.78, 5) is 39.0. The minimum absolute atomic E-state index is 0.0299. The average Bonchev–Trinajstić information content (AvgIpc) is 3.48. The fourth-order valence-corrected chi connectivity index (χ4v) is 4.46. The Bertz CT molecular complexity index is 1450. The molecule has 0 saturated carbocycles. The van der Waals surface area contributed by atoms with E-state index in [2.05, 4.69) is 15.4 Å². The van der Waals surface area contributed by atoms with Crippen LogP contribution in [0, 0.1) is 17.0 Å². The average molecular weight is 511 g/mol. The lowest BCUT2D eigenvalue weighted by Gasteiger charge is -2.09. The molecule has 0 aliphatic carbocycles. The zero-order chi connectivity index (χ0) is 24.7. The lowest BCUT2D eigenvalue weighted by Crippen LogP contribution is -2.22. The van der Waals surface area contributed by atoms with Crippen LogP contribution in [0.5, 0.6) is 0 Å². The van der Waals surface area contributed by atoms with Gasteiger partial charge in [0.05, 0.1) is 22.7 Å². The van der Waals surface area contributed by atoms with E-state index in [-0.39, 0.29) is 42.8 Å². The number of fused-ring (bicyclic) bond motifs is 1. The zero-order valence-corrected chi connectivity index (χ0v) is 18.6. The number of nitrogens with one attached hydrogen (secondary N) is 1. The number of thiophene rings is 1. The predicted molar refractivity (Wildman–Crippen MR) is 118 cm³/mol. The second kappa shape index (κ2) is 8.79. The fraction of sp³-hybridized carbons (Fsp3) is 0.158. The third-order valence-corrected chi connectivity index (χ3v) is 6.30. The molecule has 34 heavy (non-hydrogen) atoms. The number of carbonyl (C=O) groups excluding carboxylic acids is 2. The van der Waals surface area contributed by atoms with Gasteiger partial charge < -0.3 is 25.6 Å². The van der Waals surface area contributed by atoms with Crippen molar-refractivity contribution in [3.63, 3.8) is 0 Å². The monoisotopic (exact) mass is 510 g/mol. The molecule has 0 aliphatic rings. The van der Waals surface area contributed by atoms with Crippen LogP contribution in [0.3, 0.4) is 0 Å². The SMILES string of the molecule is Cc1c(Cl)c([N+](=O)[O-])nn1CC(=O)Nc1c(C(N)=O)sc2nc(C(F)F)cc(-c3ccco3)c12. The van der Waals surface area contributed by atoms with Gasteiger partial charge in [0.15, 0.2) is 5.02 Å².